The number of carbonyl (C=O) groups is 1. The minimum absolute atomic E-state index is 0.407. The quantitative estimate of drug-likeness (QED) is 0.918. The van der Waals surface area contributed by atoms with Crippen molar-refractivity contribution in [3.05, 3.63) is 41.2 Å². The highest BCUT2D eigenvalue weighted by atomic mass is 35.5. The van der Waals surface area contributed by atoms with Crippen LogP contribution in [0.3, 0.4) is 0 Å². The third-order valence-electron chi connectivity index (χ3n) is 3.07. The molecule has 5 nitrogen and oxygen atoms in total. The van der Waals surface area contributed by atoms with Gasteiger partial charge in [0.1, 0.15) is 12.3 Å². The van der Waals surface area contributed by atoms with Crippen molar-refractivity contribution in [3.8, 4) is 11.5 Å². The zero-order valence-corrected chi connectivity index (χ0v) is 12.0. The first-order valence-electron chi connectivity index (χ1n) is 6.11. The third kappa shape index (κ3) is 3.37. The van der Waals surface area contributed by atoms with E-state index in [0.717, 1.165) is 5.56 Å². The molecule has 2 rings (SSSR count). The van der Waals surface area contributed by atoms with Crippen LogP contribution in [0.15, 0.2) is 34.9 Å². The summed E-state index contributed by atoms with van der Waals surface area (Å²) in [5.41, 5.74) is 1.51. The second kappa shape index (κ2) is 6.07. The fourth-order valence-corrected chi connectivity index (χ4v) is 1.81. The number of halogens is 1. The van der Waals surface area contributed by atoms with Crippen LogP contribution in [-0.4, -0.2) is 34.0 Å². The normalized spacial score (nSPS) is 12.6. The van der Waals surface area contributed by atoms with Crippen molar-refractivity contribution in [2.45, 2.75) is 19.5 Å². The van der Waals surface area contributed by atoms with Gasteiger partial charge in [-0.3, -0.25) is 9.69 Å². The molecule has 0 bridgehead atoms. The van der Waals surface area contributed by atoms with E-state index < -0.39 is 12.0 Å². The van der Waals surface area contributed by atoms with Crippen molar-refractivity contribution in [3.63, 3.8) is 0 Å². The Morgan fingerprint density at radius 2 is 2.10 bits per heavy atom. The van der Waals surface area contributed by atoms with Crippen molar-refractivity contribution in [2.24, 2.45) is 0 Å². The smallest absolute Gasteiger partial charge is 0.320 e. The summed E-state index contributed by atoms with van der Waals surface area (Å²) in [6, 6.07) is 6.59. The van der Waals surface area contributed by atoms with Crippen molar-refractivity contribution in [2.75, 3.05) is 7.05 Å². The van der Waals surface area contributed by atoms with Crippen LogP contribution in [-0.2, 0) is 11.3 Å². The highest BCUT2D eigenvalue weighted by Gasteiger charge is 2.18. The largest absolute Gasteiger partial charge is 0.480 e. The Kier molecular flexibility index (Phi) is 4.42. The molecule has 6 heteroatoms. The monoisotopic (exact) mass is 294 g/mol. The van der Waals surface area contributed by atoms with Crippen LogP contribution >= 0.6 is 11.6 Å². The first-order chi connectivity index (χ1) is 9.47. The summed E-state index contributed by atoms with van der Waals surface area (Å²) in [6.45, 7) is 2.03. The van der Waals surface area contributed by atoms with E-state index in [0.29, 0.717) is 23.2 Å². The van der Waals surface area contributed by atoms with Gasteiger partial charge in [-0.2, -0.15) is 0 Å². The fourth-order valence-electron chi connectivity index (χ4n) is 1.69. The molecule has 1 aromatic carbocycles. The first kappa shape index (κ1) is 14.6. The molecule has 0 amide bonds. The van der Waals surface area contributed by atoms with Gasteiger partial charge < -0.3 is 9.52 Å². The zero-order chi connectivity index (χ0) is 14.7. The van der Waals surface area contributed by atoms with E-state index in [9.17, 15) is 4.79 Å². The number of carboxylic acid groups (broad SMARTS) is 1. The van der Waals surface area contributed by atoms with Gasteiger partial charge in [-0.15, -0.1) is 0 Å². The molecular formula is C14H15ClN2O3. The summed E-state index contributed by atoms with van der Waals surface area (Å²) in [7, 11) is 1.73. The SMILES string of the molecule is CC(C(=O)O)N(C)Cc1coc(-c2ccc(Cl)cc2)n1. The number of oxazole rings is 1. The molecule has 0 aliphatic rings. The van der Waals surface area contributed by atoms with Crippen LogP contribution in [0.1, 0.15) is 12.6 Å². The molecule has 1 heterocycles. The topological polar surface area (TPSA) is 66.6 Å². The van der Waals surface area contributed by atoms with Crippen molar-refractivity contribution in [1.82, 2.24) is 9.88 Å². The molecule has 106 valence electrons. The number of carboxylic acids is 1. The van der Waals surface area contributed by atoms with Gasteiger partial charge in [0.2, 0.25) is 5.89 Å². The summed E-state index contributed by atoms with van der Waals surface area (Å²) in [5, 5.41) is 9.59. The Balaban J connectivity index is 2.09. The molecule has 0 saturated carbocycles. The van der Waals surface area contributed by atoms with Crippen LogP contribution < -0.4 is 0 Å². The van der Waals surface area contributed by atoms with Crippen LogP contribution in [0, 0.1) is 0 Å². The number of aromatic nitrogens is 1. The Hall–Kier alpha value is -1.85. The Bertz CT molecular complexity index is 595. The minimum atomic E-state index is -0.867. The predicted octanol–water partition coefficient (Wildman–Crippen LogP) is 2.90. The maximum Gasteiger partial charge on any atom is 0.320 e. The molecule has 0 radical (unpaired) electrons. The number of rotatable bonds is 5. The van der Waals surface area contributed by atoms with Crippen molar-refractivity contribution < 1.29 is 14.3 Å². The van der Waals surface area contributed by atoms with Crippen molar-refractivity contribution >= 4 is 17.6 Å². The first-order valence-corrected chi connectivity index (χ1v) is 6.48. The molecule has 2 aromatic rings. The van der Waals surface area contributed by atoms with E-state index in [1.54, 1.807) is 31.0 Å². The van der Waals surface area contributed by atoms with E-state index in [1.165, 1.54) is 6.26 Å². The summed E-state index contributed by atoms with van der Waals surface area (Å²) in [6.07, 6.45) is 1.54. The number of benzene rings is 1. The molecular weight excluding hydrogens is 280 g/mol. The molecule has 0 aliphatic carbocycles. The van der Waals surface area contributed by atoms with Gasteiger partial charge in [-0.25, -0.2) is 4.98 Å². The van der Waals surface area contributed by atoms with E-state index in [-0.39, 0.29) is 0 Å². The average molecular weight is 295 g/mol. The van der Waals surface area contributed by atoms with Crippen LogP contribution in [0.4, 0.5) is 0 Å². The molecule has 0 saturated heterocycles. The number of nitrogens with zero attached hydrogens (tertiary/aromatic N) is 2. The molecule has 1 atom stereocenters. The van der Waals surface area contributed by atoms with Gasteiger partial charge in [0.25, 0.3) is 0 Å². The minimum Gasteiger partial charge on any atom is -0.480 e. The van der Waals surface area contributed by atoms with E-state index >= 15 is 0 Å². The van der Waals surface area contributed by atoms with E-state index in [2.05, 4.69) is 4.98 Å². The number of hydrogen-bond acceptors (Lipinski definition) is 4. The lowest BCUT2D eigenvalue weighted by molar-refractivity contribution is -0.142. The molecule has 1 aromatic heterocycles. The predicted molar refractivity (Wildman–Crippen MR) is 75.5 cm³/mol. The van der Waals surface area contributed by atoms with Crippen LogP contribution in [0.5, 0.6) is 0 Å². The summed E-state index contributed by atoms with van der Waals surface area (Å²) in [4.78, 5) is 16.9. The lowest BCUT2D eigenvalue weighted by Crippen LogP contribution is -2.35. The summed E-state index contributed by atoms with van der Waals surface area (Å²) >= 11 is 5.82. The fraction of sp³-hybridized carbons (Fsp3) is 0.286. The molecule has 0 fully saturated rings. The highest BCUT2D eigenvalue weighted by molar-refractivity contribution is 6.30. The Labute approximate surface area is 121 Å². The maximum atomic E-state index is 10.9. The van der Waals surface area contributed by atoms with Crippen molar-refractivity contribution in [1.29, 1.82) is 0 Å². The van der Waals surface area contributed by atoms with Gasteiger partial charge >= 0.3 is 5.97 Å². The second-order valence-corrected chi connectivity index (χ2v) is 5.02. The van der Waals surface area contributed by atoms with Gasteiger partial charge in [-0.1, -0.05) is 11.6 Å². The van der Waals surface area contributed by atoms with Gasteiger partial charge in [0.05, 0.1) is 5.69 Å². The van der Waals surface area contributed by atoms with Gasteiger partial charge in [0.15, 0.2) is 0 Å². The molecule has 1 N–H and O–H groups in total. The highest BCUT2D eigenvalue weighted by Crippen LogP contribution is 2.21. The molecule has 1 unspecified atom stereocenters. The molecule has 0 aliphatic heterocycles. The lowest BCUT2D eigenvalue weighted by atomic mass is 10.2. The van der Waals surface area contributed by atoms with Gasteiger partial charge in [-0.05, 0) is 38.2 Å². The number of hydrogen-bond donors (Lipinski definition) is 1. The zero-order valence-electron chi connectivity index (χ0n) is 11.2. The van der Waals surface area contributed by atoms with Crippen LogP contribution in [0.25, 0.3) is 11.5 Å². The average Bonchev–Trinajstić information content (AvgIpc) is 2.87. The summed E-state index contributed by atoms with van der Waals surface area (Å²) in [5.74, 6) is -0.373. The maximum absolute atomic E-state index is 10.9. The van der Waals surface area contributed by atoms with E-state index in [1.807, 2.05) is 12.1 Å². The number of aliphatic carboxylic acids is 1. The van der Waals surface area contributed by atoms with E-state index in [4.69, 9.17) is 21.1 Å². The Morgan fingerprint density at radius 3 is 2.70 bits per heavy atom. The standard InChI is InChI=1S/C14H15ClN2O3/c1-9(14(18)19)17(2)7-12-8-20-13(16-12)10-3-5-11(15)6-4-10/h3-6,8-9H,7H2,1-2H3,(H,18,19). The summed E-state index contributed by atoms with van der Waals surface area (Å²) < 4.78 is 5.40. The lowest BCUT2D eigenvalue weighted by Gasteiger charge is -2.19. The molecule has 0 spiro atoms. The van der Waals surface area contributed by atoms with Gasteiger partial charge in [0, 0.05) is 17.1 Å². The molecule has 20 heavy (non-hydrogen) atoms. The van der Waals surface area contributed by atoms with Crippen LogP contribution in [0.2, 0.25) is 5.02 Å². The second-order valence-electron chi connectivity index (χ2n) is 4.58. The third-order valence-corrected chi connectivity index (χ3v) is 3.32. The Morgan fingerprint density at radius 1 is 1.45 bits per heavy atom. The number of likely N-dealkylation sites (N-methyl/N-ethyl adjacent to an activating group) is 1.